The van der Waals surface area contributed by atoms with Crippen LogP contribution in [-0.4, -0.2) is 40.5 Å². The first-order chi connectivity index (χ1) is 13.6. The van der Waals surface area contributed by atoms with Crippen LogP contribution in [0.15, 0.2) is 18.2 Å². The number of likely N-dealkylation sites (tertiary alicyclic amines) is 1. The molecule has 1 fully saturated rings. The number of hydrogen-bond donors (Lipinski definition) is 2. The van der Waals surface area contributed by atoms with Crippen molar-refractivity contribution in [3.63, 3.8) is 0 Å². The summed E-state index contributed by atoms with van der Waals surface area (Å²) in [6.45, 7) is 3.31. The number of carbonyl (C=O) groups is 2. The molecule has 1 aliphatic rings. The Morgan fingerprint density at radius 2 is 1.47 bits per heavy atom. The lowest BCUT2D eigenvalue weighted by Gasteiger charge is -2.35. The summed E-state index contributed by atoms with van der Waals surface area (Å²) in [5.41, 5.74) is -5.13. The van der Waals surface area contributed by atoms with Gasteiger partial charge < -0.3 is 15.3 Å². The van der Waals surface area contributed by atoms with Crippen molar-refractivity contribution in [1.29, 1.82) is 0 Å². The molecule has 11 heteroatoms. The summed E-state index contributed by atoms with van der Waals surface area (Å²) in [6, 6.07) is 0.903. The lowest BCUT2D eigenvalue weighted by molar-refractivity contribution is -0.149. The average molecular weight is 440 g/mol. The summed E-state index contributed by atoms with van der Waals surface area (Å²) in [5, 5.41) is 11.9. The number of aliphatic hydroxyl groups is 1. The molecular formula is C19H22F6N2O3. The number of halogens is 6. The van der Waals surface area contributed by atoms with E-state index in [9.17, 15) is 41.0 Å². The predicted octanol–water partition coefficient (Wildman–Crippen LogP) is 4.06. The Hall–Kier alpha value is -2.30. The maximum atomic E-state index is 12.9. The Kier molecular flexibility index (Phi) is 6.75. The van der Waals surface area contributed by atoms with E-state index in [0.29, 0.717) is 38.1 Å². The van der Waals surface area contributed by atoms with Crippen molar-refractivity contribution in [3.05, 3.63) is 29.3 Å². The molecule has 1 heterocycles. The number of rotatable bonds is 4. The second kappa shape index (κ2) is 8.44. The summed E-state index contributed by atoms with van der Waals surface area (Å²) in [7, 11) is 0. The number of amides is 2. The van der Waals surface area contributed by atoms with E-state index < -0.39 is 46.6 Å². The van der Waals surface area contributed by atoms with Crippen molar-refractivity contribution in [3.8, 4) is 0 Å². The lowest BCUT2D eigenvalue weighted by atomic mass is 9.92. The molecule has 0 saturated carbocycles. The first-order valence-corrected chi connectivity index (χ1v) is 9.18. The molecule has 30 heavy (non-hydrogen) atoms. The van der Waals surface area contributed by atoms with Gasteiger partial charge in [-0.3, -0.25) is 9.59 Å². The zero-order chi connectivity index (χ0) is 22.9. The minimum absolute atomic E-state index is 0.00889. The monoisotopic (exact) mass is 440 g/mol. The van der Waals surface area contributed by atoms with Crippen LogP contribution in [0, 0.1) is 5.92 Å². The van der Waals surface area contributed by atoms with Crippen LogP contribution in [0.1, 0.15) is 44.2 Å². The minimum atomic E-state index is -5.00. The largest absolute Gasteiger partial charge is 0.416 e. The Morgan fingerprint density at radius 1 is 1.00 bits per heavy atom. The zero-order valence-electron chi connectivity index (χ0n) is 16.3. The highest BCUT2D eigenvalue weighted by atomic mass is 19.4. The van der Waals surface area contributed by atoms with Gasteiger partial charge in [0.2, 0.25) is 5.91 Å². The fourth-order valence-corrected chi connectivity index (χ4v) is 3.23. The summed E-state index contributed by atoms with van der Waals surface area (Å²) in [6.07, 6.45) is -9.26. The van der Waals surface area contributed by atoms with E-state index in [4.69, 9.17) is 0 Å². The molecule has 0 radical (unpaired) electrons. The number of hydrogen-bond acceptors (Lipinski definition) is 3. The Labute approximate surface area is 169 Å². The fraction of sp³-hybridized carbons (Fsp3) is 0.579. The molecule has 168 valence electrons. The van der Waals surface area contributed by atoms with Crippen molar-refractivity contribution in [2.45, 2.75) is 51.1 Å². The van der Waals surface area contributed by atoms with Gasteiger partial charge in [0, 0.05) is 25.2 Å². The van der Waals surface area contributed by atoms with Gasteiger partial charge in [0.15, 0.2) is 0 Å². The molecule has 5 nitrogen and oxygen atoms in total. The number of piperidine rings is 1. The van der Waals surface area contributed by atoms with E-state index in [-0.39, 0.29) is 18.4 Å². The topological polar surface area (TPSA) is 69.6 Å². The highest BCUT2D eigenvalue weighted by Crippen LogP contribution is 2.37. The number of alkyl halides is 6. The van der Waals surface area contributed by atoms with Crippen molar-refractivity contribution < 1.29 is 41.0 Å². The molecular weight excluding hydrogens is 418 g/mol. The van der Waals surface area contributed by atoms with E-state index in [1.165, 1.54) is 18.7 Å². The maximum Gasteiger partial charge on any atom is 0.416 e. The summed E-state index contributed by atoms with van der Waals surface area (Å²) in [5.74, 6) is -1.35. The van der Waals surface area contributed by atoms with Crippen LogP contribution in [0.2, 0.25) is 0 Å². The molecule has 0 bridgehead atoms. The van der Waals surface area contributed by atoms with Crippen molar-refractivity contribution in [2.24, 2.45) is 5.92 Å². The van der Waals surface area contributed by atoms with Crippen LogP contribution in [0.5, 0.6) is 0 Å². The molecule has 2 rings (SSSR count). The van der Waals surface area contributed by atoms with Crippen molar-refractivity contribution >= 4 is 17.5 Å². The summed E-state index contributed by atoms with van der Waals surface area (Å²) >= 11 is 0. The molecule has 1 aliphatic heterocycles. The molecule has 0 atom stereocenters. The number of nitrogens with zero attached hydrogens (tertiary/aromatic N) is 1. The number of carbonyl (C=O) groups excluding carboxylic acids is 2. The van der Waals surface area contributed by atoms with Crippen LogP contribution in [0.3, 0.4) is 0 Å². The van der Waals surface area contributed by atoms with E-state index in [1.54, 1.807) is 0 Å². The normalized spacial score (nSPS) is 16.5. The quantitative estimate of drug-likeness (QED) is 0.694. The average Bonchev–Trinajstić information content (AvgIpc) is 2.59. The fourth-order valence-electron chi connectivity index (χ4n) is 3.23. The zero-order valence-corrected chi connectivity index (χ0v) is 16.3. The standard InChI is InChI=1S/C19H22F6N2O3/c1-17(2,30)16(29)27-5-3-11(4-6-27)7-15(28)26-14-9-12(18(20,21)22)8-13(10-14)19(23,24)25/h8-11,30H,3-7H2,1-2H3,(H,26,28). The van der Waals surface area contributed by atoms with Crippen LogP contribution >= 0.6 is 0 Å². The number of benzene rings is 1. The molecule has 1 aromatic rings. The number of nitrogens with one attached hydrogen (secondary N) is 1. The first-order valence-electron chi connectivity index (χ1n) is 9.18. The van der Waals surface area contributed by atoms with Gasteiger partial charge >= 0.3 is 12.4 Å². The summed E-state index contributed by atoms with van der Waals surface area (Å²) < 4.78 is 77.4. The van der Waals surface area contributed by atoms with E-state index >= 15 is 0 Å². The summed E-state index contributed by atoms with van der Waals surface area (Å²) in [4.78, 5) is 25.7. The molecule has 0 unspecified atom stereocenters. The third-order valence-corrected chi connectivity index (χ3v) is 4.77. The van der Waals surface area contributed by atoms with Gasteiger partial charge in [-0.25, -0.2) is 0 Å². The van der Waals surface area contributed by atoms with Crippen LogP contribution in [0.4, 0.5) is 32.0 Å². The molecule has 0 spiro atoms. The third-order valence-electron chi connectivity index (χ3n) is 4.77. The second-order valence-corrected chi connectivity index (χ2v) is 7.84. The molecule has 0 aromatic heterocycles. The predicted molar refractivity (Wildman–Crippen MR) is 95.3 cm³/mol. The Bertz CT molecular complexity index is 759. The smallest absolute Gasteiger partial charge is 0.381 e. The highest BCUT2D eigenvalue weighted by Gasteiger charge is 2.37. The van der Waals surface area contributed by atoms with Crippen LogP contribution in [-0.2, 0) is 21.9 Å². The first kappa shape index (κ1) is 24.0. The molecule has 2 N–H and O–H groups in total. The Morgan fingerprint density at radius 3 is 1.87 bits per heavy atom. The van der Waals surface area contributed by atoms with Gasteiger partial charge in [-0.1, -0.05) is 0 Å². The van der Waals surface area contributed by atoms with Crippen LogP contribution in [0.25, 0.3) is 0 Å². The van der Waals surface area contributed by atoms with Crippen molar-refractivity contribution in [2.75, 3.05) is 18.4 Å². The Balaban J connectivity index is 2.03. The highest BCUT2D eigenvalue weighted by molar-refractivity contribution is 5.91. The third kappa shape index (κ3) is 6.35. The molecule has 1 aromatic carbocycles. The van der Waals surface area contributed by atoms with Gasteiger partial charge in [0.25, 0.3) is 5.91 Å². The van der Waals surface area contributed by atoms with Gasteiger partial charge in [0.1, 0.15) is 5.60 Å². The second-order valence-electron chi connectivity index (χ2n) is 7.84. The van der Waals surface area contributed by atoms with Gasteiger partial charge in [-0.2, -0.15) is 26.3 Å². The van der Waals surface area contributed by atoms with Crippen molar-refractivity contribution in [1.82, 2.24) is 4.90 Å². The molecule has 2 amide bonds. The molecule has 1 saturated heterocycles. The van der Waals surface area contributed by atoms with E-state index in [1.807, 2.05) is 0 Å². The number of anilines is 1. The van der Waals surface area contributed by atoms with E-state index in [2.05, 4.69) is 5.32 Å². The van der Waals surface area contributed by atoms with Crippen LogP contribution < -0.4 is 5.32 Å². The van der Waals surface area contributed by atoms with Gasteiger partial charge in [-0.15, -0.1) is 0 Å². The molecule has 0 aliphatic carbocycles. The van der Waals surface area contributed by atoms with E-state index in [0.717, 1.165) is 0 Å². The van der Waals surface area contributed by atoms with Gasteiger partial charge in [-0.05, 0) is 50.8 Å². The SMILES string of the molecule is CC(C)(O)C(=O)N1CCC(CC(=O)Nc2cc(C(F)(F)F)cc(C(F)(F)F)c2)CC1. The minimum Gasteiger partial charge on any atom is -0.381 e. The maximum absolute atomic E-state index is 12.9. The lowest BCUT2D eigenvalue weighted by Crippen LogP contribution is -2.48. The van der Waals surface area contributed by atoms with Gasteiger partial charge in [0.05, 0.1) is 11.1 Å².